The molecule has 0 unspecified atom stereocenters. The predicted octanol–water partition coefficient (Wildman–Crippen LogP) is 3.11. The smallest absolute Gasteiger partial charge is 0.348 e. The van der Waals surface area contributed by atoms with Crippen LogP contribution < -0.4 is 5.69 Å². The molecule has 0 bridgehead atoms. The molecular weight excluding hydrogens is 356 g/mol. The van der Waals surface area contributed by atoms with E-state index in [9.17, 15) is 14.7 Å². The second-order valence-corrected chi connectivity index (χ2v) is 6.79. The van der Waals surface area contributed by atoms with Crippen molar-refractivity contribution in [2.45, 2.75) is 26.7 Å². The number of carbonyl (C=O) groups excluding carboxylic acids is 1. The van der Waals surface area contributed by atoms with Gasteiger partial charge in [0.25, 0.3) is 5.91 Å². The molecule has 0 atom stereocenters. The van der Waals surface area contributed by atoms with Crippen molar-refractivity contribution in [2.24, 2.45) is 0 Å². The SMILES string of the molecule is CCCCN(C)C(=O)c1ccc(O)c(-c2n[nH]c(=O)n2-c2ccccc2C)c1. The lowest BCUT2D eigenvalue weighted by molar-refractivity contribution is 0.0793. The van der Waals surface area contributed by atoms with Crippen LogP contribution in [0.5, 0.6) is 5.75 Å². The summed E-state index contributed by atoms with van der Waals surface area (Å²) in [6.45, 7) is 4.61. The van der Waals surface area contributed by atoms with Gasteiger partial charge in [0.1, 0.15) is 5.75 Å². The predicted molar refractivity (Wildman–Crippen MR) is 108 cm³/mol. The van der Waals surface area contributed by atoms with Crippen molar-refractivity contribution >= 4 is 5.91 Å². The molecule has 7 heteroatoms. The van der Waals surface area contributed by atoms with Crippen LogP contribution in [0.4, 0.5) is 0 Å². The fraction of sp³-hybridized carbons (Fsp3) is 0.286. The Hall–Kier alpha value is -3.35. The van der Waals surface area contributed by atoms with Gasteiger partial charge in [-0.3, -0.25) is 4.79 Å². The number of para-hydroxylation sites is 1. The normalized spacial score (nSPS) is 10.8. The number of aromatic amines is 1. The number of phenols is 1. The number of benzene rings is 2. The quantitative estimate of drug-likeness (QED) is 0.687. The monoisotopic (exact) mass is 380 g/mol. The van der Waals surface area contributed by atoms with Gasteiger partial charge in [-0.05, 0) is 43.2 Å². The molecule has 1 amide bonds. The van der Waals surface area contributed by atoms with Gasteiger partial charge in [0.2, 0.25) is 0 Å². The molecule has 0 radical (unpaired) electrons. The molecule has 146 valence electrons. The number of rotatable bonds is 6. The Bertz CT molecular complexity index is 1050. The van der Waals surface area contributed by atoms with E-state index in [1.807, 2.05) is 25.1 Å². The summed E-state index contributed by atoms with van der Waals surface area (Å²) in [4.78, 5) is 26.8. The molecule has 0 aliphatic rings. The number of hydrogen-bond donors (Lipinski definition) is 2. The van der Waals surface area contributed by atoms with Crippen LogP contribution in [-0.2, 0) is 0 Å². The highest BCUT2D eigenvalue weighted by molar-refractivity contribution is 5.95. The van der Waals surface area contributed by atoms with Crippen LogP contribution in [0.2, 0.25) is 0 Å². The number of aromatic hydroxyl groups is 1. The largest absolute Gasteiger partial charge is 0.507 e. The summed E-state index contributed by atoms with van der Waals surface area (Å²) < 4.78 is 1.40. The number of H-pyrrole nitrogens is 1. The van der Waals surface area contributed by atoms with Crippen LogP contribution >= 0.6 is 0 Å². The van der Waals surface area contributed by atoms with Crippen molar-refractivity contribution < 1.29 is 9.90 Å². The number of carbonyl (C=O) groups is 1. The van der Waals surface area contributed by atoms with E-state index < -0.39 is 5.69 Å². The van der Waals surface area contributed by atoms with Gasteiger partial charge in [0.15, 0.2) is 5.82 Å². The number of nitrogens with one attached hydrogen (secondary N) is 1. The first-order valence-corrected chi connectivity index (χ1v) is 9.26. The third kappa shape index (κ3) is 3.69. The van der Waals surface area contributed by atoms with E-state index in [4.69, 9.17) is 0 Å². The highest BCUT2D eigenvalue weighted by Gasteiger charge is 2.20. The zero-order valence-electron chi connectivity index (χ0n) is 16.3. The van der Waals surface area contributed by atoms with Gasteiger partial charge in [-0.25, -0.2) is 14.5 Å². The summed E-state index contributed by atoms with van der Waals surface area (Å²) in [5.41, 5.74) is 1.88. The molecule has 3 rings (SSSR count). The van der Waals surface area contributed by atoms with Crippen molar-refractivity contribution in [1.29, 1.82) is 0 Å². The Kier molecular flexibility index (Phi) is 5.63. The van der Waals surface area contributed by atoms with Crippen LogP contribution in [0.3, 0.4) is 0 Å². The van der Waals surface area contributed by atoms with E-state index in [0.717, 1.165) is 18.4 Å². The number of amides is 1. The van der Waals surface area contributed by atoms with E-state index >= 15 is 0 Å². The lowest BCUT2D eigenvalue weighted by atomic mass is 10.1. The first-order valence-electron chi connectivity index (χ1n) is 9.26. The molecule has 7 nitrogen and oxygen atoms in total. The van der Waals surface area contributed by atoms with Gasteiger partial charge >= 0.3 is 5.69 Å². The zero-order valence-corrected chi connectivity index (χ0v) is 16.3. The molecule has 3 aromatic rings. The van der Waals surface area contributed by atoms with Crippen molar-refractivity contribution in [2.75, 3.05) is 13.6 Å². The topological polar surface area (TPSA) is 91.2 Å². The van der Waals surface area contributed by atoms with Gasteiger partial charge in [-0.2, -0.15) is 5.10 Å². The molecule has 28 heavy (non-hydrogen) atoms. The highest BCUT2D eigenvalue weighted by atomic mass is 16.3. The molecule has 1 heterocycles. The average molecular weight is 380 g/mol. The maximum absolute atomic E-state index is 12.7. The summed E-state index contributed by atoms with van der Waals surface area (Å²) in [6, 6.07) is 12.0. The minimum atomic E-state index is -0.416. The van der Waals surface area contributed by atoms with E-state index in [0.29, 0.717) is 23.4 Å². The summed E-state index contributed by atoms with van der Waals surface area (Å²) in [5.74, 6) is 0.0549. The molecule has 2 aromatic carbocycles. The third-order valence-corrected chi connectivity index (χ3v) is 4.71. The molecule has 0 saturated heterocycles. The van der Waals surface area contributed by atoms with Crippen molar-refractivity contribution in [3.63, 3.8) is 0 Å². The number of aromatic nitrogens is 3. The number of aryl methyl sites for hydroxylation is 1. The van der Waals surface area contributed by atoms with Gasteiger partial charge in [-0.15, -0.1) is 0 Å². The maximum atomic E-state index is 12.7. The summed E-state index contributed by atoms with van der Waals surface area (Å²) in [7, 11) is 1.75. The van der Waals surface area contributed by atoms with Crippen molar-refractivity contribution in [3.05, 3.63) is 64.1 Å². The fourth-order valence-corrected chi connectivity index (χ4v) is 3.08. The van der Waals surface area contributed by atoms with Gasteiger partial charge in [0.05, 0.1) is 11.3 Å². The Morgan fingerprint density at radius 3 is 2.71 bits per heavy atom. The van der Waals surface area contributed by atoms with E-state index in [1.165, 1.54) is 10.6 Å². The van der Waals surface area contributed by atoms with Gasteiger partial charge < -0.3 is 10.0 Å². The summed E-state index contributed by atoms with van der Waals surface area (Å²) >= 11 is 0. The Balaban J connectivity index is 2.08. The second-order valence-electron chi connectivity index (χ2n) is 6.79. The van der Waals surface area contributed by atoms with Crippen LogP contribution in [0.15, 0.2) is 47.3 Å². The number of hydrogen-bond acceptors (Lipinski definition) is 4. The van der Waals surface area contributed by atoms with E-state index in [2.05, 4.69) is 17.1 Å². The molecule has 1 aromatic heterocycles. The number of nitrogens with zero attached hydrogens (tertiary/aromatic N) is 3. The summed E-state index contributed by atoms with van der Waals surface area (Å²) in [6.07, 6.45) is 1.91. The lowest BCUT2D eigenvalue weighted by Gasteiger charge is -2.17. The Labute approximate surface area is 163 Å². The van der Waals surface area contributed by atoms with Crippen molar-refractivity contribution in [3.8, 4) is 22.8 Å². The lowest BCUT2D eigenvalue weighted by Crippen LogP contribution is -2.27. The molecule has 0 spiro atoms. The molecular formula is C21H24N4O3. The Morgan fingerprint density at radius 2 is 2.00 bits per heavy atom. The third-order valence-electron chi connectivity index (χ3n) is 4.71. The minimum absolute atomic E-state index is 0.0541. The minimum Gasteiger partial charge on any atom is -0.507 e. The fourth-order valence-electron chi connectivity index (χ4n) is 3.08. The number of unbranched alkanes of at least 4 members (excludes halogenated alkanes) is 1. The van der Waals surface area contributed by atoms with Crippen LogP contribution in [0.1, 0.15) is 35.7 Å². The summed E-state index contributed by atoms with van der Waals surface area (Å²) in [5, 5.41) is 16.9. The maximum Gasteiger partial charge on any atom is 0.348 e. The standard InChI is InChI=1S/C21H24N4O3/c1-4-5-12-24(3)20(27)15-10-11-18(26)16(13-15)19-22-23-21(28)25(19)17-9-7-6-8-14(17)2/h6-11,13,26H,4-5,12H2,1-3H3,(H,23,28). The number of phenolic OH excluding ortho intramolecular Hbond substituents is 1. The van der Waals surface area contributed by atoms with Crippen LogP contribution in [0.25, 0.3) is 17.1 Å². The molecule has 0 aliphatic heterocycles. The first-order chi connectivity index (χ1) is 13.4. The van der Waals surface area contributed by atoms with Gasteiger partial charge in [-0.1, -0.05) is 31.5 Å². The molecule has 0 fully saturated rings. The second kappa shape index (κ2) is 8.12. The molecule has 0 saturated carbocycles. The molecule has 0 aliphatic carbocycles. The van der Waals surface area contributed by atoms with E-state index in [-0.39, 0.29) is 17.5 Å². The average Bonchev–Trinajstić information content (AvgIpc) is 3.07. The Morgan fingerprint density at radius 1 is 1.25 bits per heavy atom. The van der Waals surface area contributed by atoms with Crippen molar-refractivity contribution in [1.82, 2.24) is 19.7 Å². The van der Waals surface area contributed by atoms with Gasteiger partial charge in [0, 0.05) is 19.2 Å². The van der Waals surface area contributed by atoms with E-state index in [1.54, 1.807) is 30.1 Å². The zero-order chi connectivity index (χ0) is 20.3. The van der Waals surface area contributed by atoms with Crippen LogP contribution in [0, 0.1) is 6.92 Å². The molecule has 2 N–H and O–H groups in total. The first kappa shape index (κ1) is 19.4. The van der Waals surface area contributed by atoms with Crippen LogP contribution in [-0.4, -0.2) is 44.3 Å². The highest BCUT2D eigenvalue weighted by Crippen LogP contribution is 2.30.